The molecular weight excluding hydrogens is 480 g/mol. The first-order valence-corrected chi connectivity index (χ1v) is 12.3. The summed E-state index contributed by atoms with van der Waals surface area (Å²) in [6.07, 6.45) is -0.955. The van der Waals surface area contributed by atoms with E-state index in [4.69, 9.17) is 9.57 Å². The number of esters is 1. The van der Waals surface area contributed by atoms with Gasteiger partial charge in [-0.15, -0.1) is 0 Å². The van der Waals surface area contributed by atoms with Crippen LogP contribution in [0.5, 0.6) is 5.75 Å². The predicted molar refractivity (Wildman–Crippen MR) is 142 cm³/mol. The number of carbonyl (C=O) groups excluding carboxylic acids is 3. The number of imide groups is 1. The van der Waals surface area contributed by atoms with E-state index in [1.807, 2.05) is 61.5 Å². The molecule has 2 aliphatic heterocycles. The van der Waals surface area contributed by atoms with E-state index in [9.17, 15) is 14.4 Å². The molecule has 0 bridgehead atoms. The molecule has 3 unspecified atom stereocenters. The normalized spacial score (nSPS) is 20.5. The Balaban J connectivity index is 1.33. The largest absolute Gasteiger partial charge is 0.423 e. The van der Waals surface area contributed by atoms with E-state index in [0.717, 1.165) is 16.8 Å². The van der Waals surface area contributed by atoms with Crippen LogP contribution in [0, 0.1) is 12.8 Å². The van der Waals surface area contributed by atoms with Crippen LogP contribution in [0.2, 0.25) is 0 Å². The molecule has 0 spiro atoms. The number of nitrogens with zero attached hydrogens (tertiary/aromatic N) is 2. The molecule has 0 radical (unpaired) electrons. The van der Waals surface area contributed by atoms with E-state index >= 15 is 0 Å². The average Bonchev–Trinajstić information content (AvgIpc) is 3.45. The second-order valence-electron chi connectivity index (χ2n) is 9.33. The van der Waals surface area contributed by atoms with Gasteiger partial charge in [-0.2, -0.15) is 0 Å². The van der Waals surface area contributed by atoms with Crippen molar-refractivity contribution in [1.82, 2.24) is 0 Å². The van der Waals surface area contributed by atoms with Crippen molar-refractivity contribution in [2.45, 2.75) is 19.1 Å². The molecule has 6 rings (SSSR count). The molecule has 2 aliphatic rings. The van der Waals surface area contributed by atoms with Gasteiger partial charge in [0.05, 0.1) is 23.0 Å². The second-order valence-corrected chi connectivity index (χ2v) is 9.33. The molecular formula is C31H24N2O5. The van der Waals surface area contributed by atoms with Gasteiger partial charge in [-0.25, -0.2) is 14.8 Å². The molecule has 7 nitrogen and oxygen atoms in total. The Kier molecular flexibility index (Phi) is 5.98. The molecule has 2 fully saturated rings. The lowest BCUT2D eigenvalue weighted by atomic mass is 9.90. The van der Waals surface area contributed by atoms with Crippen LogP contribution in [0.4, 0.5) is 11.4 Å². The number of hydrogen-bond acceptors (Lipinski definition) is 6. The minimum atomic E-state index is -0.955. The third-order valence-electron chi connectivity index (χ3n) is 6.83. The summed E-state index contributed by atoms with van der Waals surface area (Å²) in [4.78, 5) is 47.1. The topological polar surface area (TPSA) is 76.2 Å². The molecule has 0 saturated carbocycles. The fourth-order valence-electron chi connectivity index (χ4n) is 5.05. The first-order chi connectivity index (χ1) is 18.5. The molecule has 4 aromatic carbocycles. The highest BCUT2D eigenvalue weighted by molar-refractivity contribution is 6.24. The number of hydroxylamine groups is 1. The number of fused-ring (bicyclic) bond motifs is 1. The van der Waals surface area contributed by atoms with Crippen LogP contribution >= 0.6 is 0 Å². The molecule has 38 heavy (non-hydrogen) atoms. The Morgan fingerprint density at radius 2 is 1.42 bits per heavy atom. The van der Waals surface area contributed by atoms with E-state index in [1.54, 1.807) is 59.7 Å². The number of ether oxygens (including phenoxy) is 1. The Labute approximate surface area is 219 Å². The summed E-state index contributed by atoms with van der Waals surface area (Å²) in [5, 5.41) is 1.64. The Bertz CT molecular complexity index is 1500. The zero-order valence-corrected chi connectivity index (χ0v) is 20.6. The maximum absolute atomic E-state index is 13.8. The zero-order valence-electron chi connectivity index (χ0n) is 20.6. The molecule has 2 saturated heterocycles. The summed E-state index contributed by atoms with van der Waals surface area (Å²) in [7, 11) is 0. The van der Waals surface area contributed by atoms with E-state index in [0.29, 0.717) is 17.0 Å². The van der Waals surface area contributed by atoms with E-state index < -0.39 is 24.0 Å². The van der Waals surface area contributed by atoms with Crippen LogP contribution in [0.3, 0.4) is 0 Å². The number of para-hydroxylation sites is 1. The molecule has 4 aromatic rings. The lowest BCUT2D eigenvalue weighted by Gasteiger charge is -2.29. The zero-order chi connectivity index (χ0) is 26.2. The Morgan fingerprint density at radius 3 is 2.11 bits per heavy atom. The second kappa shape index (κ2) is 9.61. The minimum Gasteiger partial charge on any atom is -0.423 e. The van der Waals surface area contributed by atoms with Crippen molar-refractivity contribution in [3.8, 4) is 5.75 Å². The SMILES string of the molecule is Cc1cccc(N2C(=O)C3ON(c4ccccc4)C(c4ccc(OC(=O)c5ccccc5)cc4)C3C2=O)c1. The molecule has 188 valence electrons. The summed E-state index contributed by atoms with van der Waals surface area (Å²) < 4.78 is 5.53. The third kappa shape index (κ3) is 4.13. The number of carbonyl (C=O) groups is 3. The fraction of sp³-hybridized carbons (Fsp3) is 0.129. The highest BCUT2D eigenvalue weighted by Crippen LogP contribution is 2.47. The van der Waals surface area contributed by atoms with Crippen molar-refractivity contribution in [3.63, 3.8) is 0 Å². The highest BCUT2D eigenvalue weighted by Gasteiger charge is 2.60. The summed E-state index contributed by atoms with van der Waals surface area (Å²) in [6, 6.07) is 31.8. The van der Waals surface area contributed by atoms with Gasteiger partial charge in [0.2, 0.25) is 5.91 Å². The van der Waals surface area contributed by atoms with Crippen LogP contribution in [0.15, 0.2) is 109 Å². The summed E-state index contributed by atoms with van der Waals surface area (Å²) >= 11 is 0. The van der Waals surface area contributed by atoms with Gasteiger partial charge in [-0.1, -0.05) is 60.7 Å². The quantitative estimate of drug-likeness (QED) is 0.210. The number of hydrogen-bond donors (Lipinski definition) is 0. The van der Waals surface area contributed by atoms with Gasteiger partial charge in [0, 0.05) is 0 Å². The number of amides is 2. The van der Waals surface area contributed by atoms with Gasteiger partial charge in [0.25, 0.3) is 5.91 Å². The first kappa shape index (κ1) is 23.6. The standard InChI is InChI=1S/C31H24N2O5/c1-20-9-8-14-24(19-20)32-29(34)26-27(33(38-28(26)30(32)35)23-12-6-3-7-13-23)21-15-17-25(18-16-21)37-31(36)22-10-4-2-5-11-22/h2-19,26-28H,1H3. The number of anilines is 2. The van der Waals surface area contributed by atoms with Gasteiger partial charge in [-0.05, 0) is 66.6 Å². The van der Waals surface area contributed by atoms with Crippen LogP contribution < -0.4 is 14.7 Å². The van der Waals surface area contributed by atoms with E-state index in [2.05, 4.69) is 0 Å². The number of rotatable bonds is 5. The van der Waals surface area contributed by atoms with Gasteiger partial charge < -0.3 is 4.74 Å². The summed E-state index contributed by atoms with van der Waals surface area (Å²) in [5.41, 5.74) is 3.42. The van der Waals surface area contributed by atoms with Gasteiger partial charge in [0.1, 0.15) is 11.7 Å². The van der Waals surface area contributed by atoms with Gasteiger partial charge in [0.15, 0.2) is 6.10 Å². The molecule has 0 aromatic heterocycles. The van der Waals surface area contributed by atoms with Crippen LogP contribution in [0.1, 0.15) is 27.5 Å². The van der Waals surface area contributed by atoms with E-state index in [1.165, 1.54) is 4.90 Å². The van der Waals surface area contributed by atoms with Gasteiger partial charge >= 0.3 is 5.97 Å². The molecule has 0 aliphatic carbocycles. The van der Waals surface area contributed by atoms with Gasteiger partial charge in [-0.3, -0.25) is 14.4 Å². The fourth-order valence-corrected chi connectivity index (χ4v) is 5.05. The third-order valence-corrected chi connectivity index (χ3v) is 6.83. The average molecular weight is 505 g/mol. The molecule has 3 atom stereocenters. The van der Waals surface area contributed by atoms with Crippen LogP contribution in [-0.4, -0.2) is 23.9 Å². The van der Waals surface area contributed by atoms with Crippen LogP contribution in [-0.2, 0) is 14.4 Å². The van der Waals surface area contributed by atoms with Crippen molar-refractivity contribution < 1.29 is 24.0 Å². The van der Waals surface area contributed by atoms with Crippen molar-refractivity contribution in [2.75, 3.05) is 9.96 Å². The Morgan fingerprint density at radius 1 is 0.763 bits per heavy atom. The number of aryl methyl sites for hydroxylation is 1. The maximum atomic E-state index is 13.8. The summed E-state index contributed by atoms with van der Waals surface area (Å²) in [6.45, 7) is 1.91. The smallest absolute Gasteiger partial charge is 0.343 e. The number of benzene rings is 4. The first-order valence-electron chi connectivity index (χ1n) is 12.3. The molecule has 0 N–H and O–H groups in total. The lowest BCUT2D eigenvalue weighted by Crippen LogP contribution is -2.37. The van der Waals surface area contributed by atoms with Crippen molar-refractivity contribution in [2.24, 2.45) is 5.92 Å². The van der Waals surface area contributed by atoms with E-state index in [-0.39, 0.29) is 11.8 Å². The molecule has 2 amide bonds. The molecule has 2 heterocycles. The maximum Gasteiger partial charge on any atom is 0.343 e. The summed E-state index contributed by atoms with van der Waals surface area (Å²) in [5.74, 6) is -1.53. The predicted octanol–water partition coefficient (Wildman–Crippen LogP) is 5.27. The monoisotopic (exact) mass is 504 g/mol. The highest BCUT2D eigenvalue weighted by atomic mass is 16.7. The van der Waals surface area contributed by atoms with Crippen molar-refractivity contribution >= 4 is 29.2 Å². The van der Waals surface area contributed by atoms with Crippen molar-refractivity contribution in [1.29, 1.82) is 0 Å². The van der Waals surface area contributed by atoms with Crippen LogP contribution in [0.25, 0.3) is 0 Å². The Hall–Kier alpha value is -4.75. The van der Waals surface area contributed by atoms with Crippen molar-refractivity contribution in [3.05, 3.63) is 126 Å². The minimum absolute atomic E-state index is 0.311. The lowest BCUT2D eigenvalue weighted by molar-refractivity contribution is -0.126. The molecule has 7 heteroatoms.